The number of ether oxygens (including phenoxy) is 1. The monoisotopic (exact) mass is 360 g/mol. The summed E-state index contributed by atoms with van der Waals surface area (Å²) in [5, 5.41) is 8.51. The minimum Gasteiger partial charge on any atom is -0.438 e. The minimum absolute atomic E-state index is 0.551. The Hall–Kier alpha value is -1.95. The first-order valence-corrected chi connectivity index (χ1v) is 8.05. The van der Waals surface area contributed by atoms with Crippen LogP contribution in [0.5, 0.6) is 11.6 Å². The van der Waals surface area contributed by atoms with Crippen LogP contribution in [0.1, 0.15) is 20.3 Å². The molecular weight excluding hydrogens is 344 g/mol. The van der Waals surface area contributed by atoms with E-state index in [2.05, 4.69) is 45.1 Å². The molecule has 0 aliphatic carbocycles. The topological polar surface area (TPSA) is 52.8 Å². The second-order valence-corrected chi connectivity index (χ2v) is 6.30. The predicted molar refractivity (Wildman–Crippen MR) is 89.0 cm³/mol. The Morgan fingerprint density at radius 3 is 2.82 bits per heavy atom. The summed E-state index contributed by atoms with van der Waals surface area (Å²) in [5.74, 6) is 1.87. The molecule has 0 aliphatic rings. The minimum atomic E-state index is 0.551. The van der Waals surface area contributed by atoms with Crippen LogP contribution >= 0.6 is 15.9 Å². The Morgan fingerprint density at radius 2 is 2.09 bits per heavy atom. The summed E-state index contributed by atoms with van der Waals surface area (Å²) in [5.41, 5.74) is 1.80. The van der Waals surface area contributed by atoms with E-state index >= 15 is 0 Å². The van der Waals surface area contributed by atoms with Crippen molar-refractivity contribution < 1.29 is 4.74 Å². The average Bonchev–Trinajstić information content (AvgIpc) is 2.93. The maximum atomic E-state index is 5.79. The fraction of sp³-hybridized carbons (Fsp3) is 0.312. The highest BCUT2D eigenvalue weighted by molar-refractivity contribution is 9.10. The van der Waals surface area contributed by atoms with Gasteiger partial charge in [-0.05, 0) is 46.5 Å². The Labute approximate surface area is 137 Å². The van der Waals surface area contributed by atoms with Crippen LogP contribution in [-0.4, -0.2) is 20.0 Å². The van der Waals surface area contributed by atoms with Crippen LogP contribution in [0.15, 0.2) is 41.0 Å². The lowest BCUT2D eigenvalue weighted by molar-refractivity contribution is 0.461. The average molecular weight is 361 g/mol. The normalized spacial score (nSPS) is 11.3. The molecule has 0 bridgehead atoms. The number of pyridine rings is 1. The molecule has 0 radical (unpaired) electrons. The highest BCUT2D eigenvalue weighted by atomic mass is 79.9. The second-order valence-electron chi connectivity index (χ2n) is 5.51. The largest absolute Gasteiger partial charge is 0.438 e. The first kappa shape index (κ1) is 15.0. The SMILES string of the molecule is CC(C)CCn1nnc2c(Br)c(Oc3ccccn3)ccc21. The Balaban J connectivity index is 1.90. The molecule has 22 heavy (non-hydrogen) atoms. The molecule has 0 fully saturated rings. The smallest absolute Gasteiger partial charge is 0.219 e. The van der Waals surface area contributed by atoms with Gasteiger partial charge in [0.05, 0.1) is 9.99 Å². The third-order valence-corrected chi connectivity index (χ3v) is 4.13. The Morgan fingerprint density at radius 1 is 1.23 bits per heavy atom. The molecule has 0 amide bonds. The molecule has 3 rings (SSSR count). The molecule has 0 spiro atoms. The van der Waals surface area contributed by atoms with Crippen molar-refractivity contribution in [1.29, 1.82) is 0 Å². The summed E-state index contributed by atoms with van der Waals surface area (Å²) in [6, 6.07) is 9.45. The van der Waals surface area contributed by atoms with Crippen molar-refractivity contribution in [3.63, 3.8) is 0 Å². The number of aryl methyl sites for hydroxylation is 1. The number of fused-ring (bicyclic) bond motifs is 1. The molecule has 0 saturated carbocycles. The first-order valence-electron chi connectivity index (χ1n) is 7.25. The van der Waals surface area contributed by atoms with Crippen LogP contribution in [-0.2, 0) is 6.54 Å². The summed E-state index contributed by atoms with van der Waals surface area (Å²) >= 11 is 3.56. The molecule has 0 aliphatic heterocycles. The van der Waals surface area contributed by atoms with Crippen molar-refractivity contribution >= 4 is 27.0 Å². The highest BCUT2D eigenvalue weighted by Crippen LogP contribution is 2.34. The molecule has 2 heterocycles. The maximum Gasteiger partial charge on any atom is 0.219 e. The van der Waals surface area contributed by atoms with Crippen LogP contribution in [0.4, 0.5) is 0 Å². The predicted octanol–water partition coefficient (Wildman–Crippen LogP) is 4.43. The number of hydrogen-bond donors (Lipinski definition) is 0. The van der Waals surface area contributed by atoms with Gasteiger partial charge in [-0.3, -0.25) is 0 Å². The molecular formula is C16H17BrN4O. The molecule has 114 valence electrons. The van der Waals surface area contributed by atoms with Crippen LogP contribution in [0.2, 0.25) is 0 Å². The number of hydrogen-bond acceptors (Lipinski definition) is 4. The van der Waals surface area contributed by atoms with Crippen LogP contribution in [0.25, 0.3) is 11.0 Å². The fourth-order valence-corrected chi connectivity index (χ4v) is 2.63. The summed E-state index contributed by atoms with van der Waals surface area (Å²) in [4.78, 5) is 4.16. The van der Waals surface area contributed by atoms with Crippen molar-refractivity contribution in [2.24, 2.45) is 5.92 Å². The van der Waals surface area contributed by atoms with Gasteiger partial charge in [0.15, 0.2) is 0 Å². The van der Waals surface area contributed by atoms with Crippen LogP contribution in [0, 0.1) is 5.92 Å². The molecule has 0 atom stereocenters. The van der Waals surface area contributed by atoms with Crippen LogP contribution in [0.3, 0.4) is 0 Å². The molecule has 2 aromatic heterocycles. The van der Waals surface area contributed by atoms with E-state index in [9.17, 15) is 0 Å². The van der Waals surface area contributed by atoms with Crippen LogP contribution < -0.4 is 4.74 Å². The van der Waals surface area contributed by atoms with Crippen molar-refractivity contribution in [2.45, 2.75) is 26.8 Å². The van der Waals surface area contributed by atoms with E-state index in [1.165, 1.54) is 0 Å². The van der Waals surface area contributed by atoms with Gasteiger partial charge in [-0.15, -0.1) is 5.10 Å². The molecule has 5 nitrogen and oxygen atoms in total. The molecule has 0 saturated heterocycles. The van der Waals surface area contributed by atoms with E-state index in [1.54, 1.807) is 6.20 Å². The summed E-state index contributed by atoms with van der Waals surface area (Å²) < 4.78 is 8.52. The van der Waals surface area contributed by atoms with Crippen molar-refractivity contribution in [2.75, 3.05) is 0 Å². The van der Waals surface area contributed by atoms with E-state index in [1.807, 2.05) is 35.0 Å². The lowest BCUT2D eigenvalue weighted by atomic mass is 10.1. The lowest BCUT2D eigenvalue weighted by Gasteiger charge is -2.08. The van der Waals surface area contributed by atoms with E-state index in [4.69, 9.17) is 4.74 Å². The molecule has 1 aromatic carbocycles. The van der Waals surface area contributed by atoms with Gasteiger partial charge in [-0.2, -0.15) is 0 Å². The van der Waals surface area contributed by atoms with Crippen molar-refractivity contribution in [3.05, 3.63) is 41.0 Å². The van der Waals surface area contributed by atoms with Gasteiger partial charge in [0.1, 0.15) is 11.3 Å². The standard InChI is InChI=1S/C16H17BrN4O/c1-11(2)8-10-21-12-6-7-13(15(17)16(12)19-20-21)22-14-5-3-4-9-18-14/h3-7,9,11H,8,10H2,1-2H3. The van der Waals surface area contributed by atoms with E-state index in [-0.39, 0.29) is 0 Å². The van der Waals surface area contributed by atoms with E-state index < -0.39 is 0 Å². The van der Waals surface area contributed by atoms with Gasteiger partial charge >= 0.3 is 0 Å². The third kappa shape index (κ3) is 3.11. The zero-order valence-corrected chi connectivity index (χ0v) is 14.1. The summed E-state index contributed by atoms with van der Waals surface area (Å²) in [6.45, 7) is 5.27. The third-order valence-electron chi connectivity index (χ3n) is 3.36. The van der Waals surface area contributed by atoms with E-state index in [0.717, 1.165) is 28.5 Å². The number of benzene rings is 1. The lowest BCUT2D eigenvalue weighted by Crippen LogP contribution is -2.03. The highest BCUT2D eigenvalue weighted by Gasteiger charge is 2.13. The quantitative estimate of drug-likeness (QED) is 0.675. The van der Waals surface area contributed by atoms with Gasteiger partial charge < -0.3 is 4.74 Å². The van der Waals surface area contributed by atoms with Crippen molar-refractivity contribution in [3.8, 4) is 11.6 Å². The number of nitrogens with zero attached hydrogens (tertiary/aromatic N) is 4. The van der Waals surface area contributed by atoms with Gasteiger partial charge in [0, 0.05) is 18.8 Å². The summed E-state index contributed by atoms with van der Waals surface area (Å²) in [7, 11) is 0. The number of rotatable bonds is 5. The maximum absolute atomic E-state index is 5.79. The summed E-state index contributed by atoms with van der Waals surface area (Å²) in [6.07, 6.45) is 2.77. The molecule has 3 aromatic rings. The molecule has 0 unspecified atom stereocenters. The Kier molecular flexibility index (Phi) is 4.38. The van der Waals surface area contributed by atoms with Gasteiger partial charge in [0.25, 0.3) is 0 Å². The van der Waals surface area contributed by atoms with Gasteiger partial charge in [0.2, 0.25) is 5.88 Å². The number of aromatic nitrogens is 4. The van der Waals surface area contributed by atoms with Gasteiger partial charge in [-0.25, -0.2) is 9.67 Å². The van der Waals surface area contributed by atoms with Crippen molar-refractivity contribution in [1.82, 2.24) is 20.0 Å². The molecule has 0 N–H and O–H groups in total. The fourth-order valence-electron chi connectivity index (χ4n) is 2.13. The molecule has 6 heteroatoms. The zero-order valence-electron chi connectivity index (χ0n) is 12.5. The second kappa shape index (κ2) is 6.44. The van der Waals surface area contributed by atoms with Gasteiger partial charge in [-0.1, -0.05) is 25.1 Å². The Bertz CT molecular complexity index is 770. The first-order chi connectivity index (χ1) is 10.6. The zero-order chi connectivity index (χ0) is 15.5. The number of halogens is 1. The van der Waals surface area contributed by atoms with E-state index in [0.29, 0.717) is 17.5 Å².